The van der Waals surface area contributed by atoms with E-state index in [1.165, 1.54) is 0 Å². The molecule has 0 spiro atoms. The summed E-state index contributed by atoms with van der Waals surface area (Å²) < 4.78 is 62.1. The molecule has 2 saturated carbocycles. The number of fused-ring (bicyclic) bond motifs is 2. The summed E-state index contributed by atoms with van der Waals surface area (Å²) in [7, 11) is -7.77. The van der Waals surface area contributed by atoms with E-state index in [2.05, 4.69) is 20.1 Å². The van der Waals surface area contributed by atoms with Gasteiger partial charge in [0.1, 0.15) is 0 Å². The Morgan fingerprint density at radius 3 is 1.26 bits per heavy atom. The van der Waals surface area contributed by atoms with Crippen LogP contribution in [0.25, 0.3) is 0 Å². The highest BCUT2D eigenvalue weighted by molar-refractivity contribution is 7.90. The molecule has 58 heavy (non-hydrogen) atoms. The van der Waals surface area contributed by atoms with E-state index in [1.54, 1.807) is 50.2 Å². The maximum Gasteiger partial charge on any atom is 0.241 e. The van der Waals surface area contributed by atoms with Gasteiger partial charge in [0, 0.05) is 34.6 Å². The topological polar surface area (TPSA) is 151 Å². The highest BCUT2D eigenvalue weighted by Crippen LogP contribution is 2.42. The lowest BCUT2D eigenvalue weighted by atomic mass is 9.82. The summed E-state index contributed by atoms with van der Waals surface area (Å²) in [5.74, 6) is -0.690. The van der Waals surface area contributed by atoms with Crippen molar-refractivity contribution in [1.29, 1.82) is 0 Å². The Bertz CT molecular complexity index is 2340. The van der Waals surface area contributed by atoms with Gasteiger partial charge >= 0.3 is 0 Å². The Labute approximate surface area is 344 Å². The number of ketones is 2. The van der Waals surface area contributed by atoms with E-state index in [0.717, 1.165) is 75.3 Å². The maximum atomic E-state index is 14.6. The van der Waals surface area contributed by atoms with Gasteiger partial charge in [0.2, 0.25) is 20.0 Å². The van der Waals surface area contributed by atoms with Gasteiger partial charge in [0.15, 0.2) is 11.6 Å². The molecule has 0 aromatic heterocycles. The zero-order valence-corrected chi connectivity index (χ0v) is 36.2. The minimum absolute atomic E-state index is 0.120. The van der Waals surface area contributed by atoms with E-state index >= 15 is 0 Å². The van der Waals surface area contributed by atoms with Gasteiger partial charge in [-0.25, -0.2) is 26.3 Å². The molecule has 10 nitrogen and oxygen atoms in total. The predicted molar refractivity (Wildman–Crippen MR) is 231 cm³/mol. The molecule has 3 aliphatic carbocycles. The van der Waals surface area contributed by atoms with Crippen molar-refractivity contribution in [3.8, 4) is 0 Å². The van der Waals surface area contributed by atoms with Crippen LogP contribution in [0.2, 0.25) is 0 Å². The molecule has 0 heterocycles. The van der Waals surface area contributed by atoms with Gasteiger partial charge in [0.25, 0.3) is 0 Å². The SMILES string of the molecule is CCc1cc(C)c(S(=O)(=O)NC2CCCCC2)c(C)c1Nc1ccc(Nc2c(CC)cc(C)c(S(=O)(=O)NC3CCCCC3)c2C)c2c1C(=O)c1ccccc1C2=O. The third kappa shape index (κ3) is 7.88. The molecule has 2 fully saturated rings. The number of rotatable bonds is 12. The van der Waals surface area contributed by atoms with Crippen molar-refractivity contribution in [2.24, 2.45) is 0 Å². The van der Waals surface area contributed by atoms with Crippen LogP contribution in [-0.2, 0) is 32.9 Å². The molecule has 0 atom stereocenters. The van der Waals surface area contributed by atoms with Crippen LogP contribution < -0.4 is 20.1 Å². The van der Waals surface area contributed by atoms with E-state index in [0.29, 0.717) is 57.8 Å². The van der Waals surface area contributed by atoms with Crippen molar-refractivity contribution in [3.05, 3.63) is 104 Å². The highest BCUT2D eigenvalue weighted by Gasteiger charge is 2.36. The summed E-state index contributed by atoms with van der Waals surface area (Å²) in [4.78, 5) is 29.6. The molecular formula is C46H56N4O6S2. The fourth-order valence-corrected chi connectivity index (χ4v) is 13.1. The number of benzene rings is 4. The number of hydrogen-bond donors (Lipinski definition) is 4. The Balaban J connectivity index is 1.35. The third-order valence-corrected chi connectivity index (χ3v) is 15.9. The number of carbonyl (C=O) groups is 2. The molecule has 0 amide bonds. The molecule has 4 aromatic rings. The zero-order valence-electron chi connectivity index (χ0n) is 34.5. The van der Waals surface area contributed by atoms with Crippen molar-refractivity contribution in [1.82, 2.24) is 9.44 Å². The molecule has 4 N–H and O–H groups in total. The molecule has 0 unspecified atom stereocenters. The minimum atomic E-state index is -3.88. The molecule has 0 aliphatic heterocycles. The smallest absolute Gasteiger partial charge is 0.241 e. The summed E-state index contributed by atoms with van der Waals surface area (Å²) >= 11 is 0. The first kappa shape index (κ1) is 41.8. The Kier molecular flexibility index (Phi) is 12.0. The van der Waals surface area contributed by atoms with Gasteiger partial charge < -0.3 is 10.6 Å². The van der Waals surface area contributed by atoms with E-state index in [9.17, 15) is 26.4 Å². The van der Waals surface area contributed by atoms with Gasteiger partial charge in [0.05, 0.1) is 32.3 Å². The monoisotopic (exact) mass is 824 g/mol. The summed E-state index contributed by atoms with van der Waals surface area (Å²) in [6.07, 6.45) is 10.5. The van der Waals surface area contributed by atoms with Crippen LogP contribution >= 0.6 is 0 Å². The average molecular weight is 825 g/mol. The average Bonchev–Trinajstić information content (AvgIpc) is 3.19. The van der Waals surface area contributed by atoms with E-state index in [-0.39, 0.29) is 55.7 Å². The fraction of sp³-hybridized carbons (Fsp3) is 0.435. The van der Waals surface area contributed by atoms with Crippen LogP contribution in [0.5, 0.6) is 0 Å². The largest absolute Gasteiger partial charge is 0.354 e. The van der Waals surface area contributed by atoms with Gasteiger partial charge in [-0.15, -0.1) is 0 Å². The van der Waals surface area contributed by atoms with Gasteiger partial charge in [-0.3, -0.25) is 9.59 Å². The number of carbonyl (C=O) groups excluding carboxylic acids is 2. The summed E-state index contributed by atoms with van der Waals surface area (Å²) in [5.41, 5.74) is 6.85. The number of hydrogen-bond acceptors (Lipinski definition) is 8. The first-order valence-corrected chi connectivity index (χ1v) is 23.8. The van der Waals surface area contributed by atoms with Crippen molar-refractivity contribution in [2.45, 2.75) is 140 Å². The summed E-state index contributed by atoms with van der Waals surface area (Å²) in [6, 6.07) is 13.8. The van der Waals surface area contributed by atoms with Gasteiger partial charge in [-0.2, -0.15) is 0 Å². The van der Waals surface area contributed by atoms with Crippen LogP contribution in [0.4, 0.5) is 22.7 Å². The van der Waals surface area contributed by atoms with Crippen LogP contribution in [0.3, 0.4) is 0 Å². The molecule has 0 radical (unpaired) electrons. The first-order chi connectivity index (χ1) is 27.7. The first-order valence-electron chi connectivity index (χ1n) is 20.9. The Morgan fingerprint density at radius 2 is 0.914 bits per heavy atom. The molecule has 12 heteroatoms. The maximum absolute atomic E-state index is 14.6. The number of aryl methyl sites for hydroxylation is 4. The summed E-state index contributed by atoms with van der Waals surface area (Å²) in [5, 5.41) is 6.93. The van der Waals surface area contributed by atoms with Gasteiger partial charge in [-0.1, -0.05) is 88.8 Å². The van der Waals surface area contributed by atoms with E-state index in [1.807, 2.05) is 39.8 Å². The fourth-order valence-electron chi connectivity index (χ4n) is 9.53. The molecular weight excluding hydrogens is 769 g/mol. The lowest BCUT2D eigenvalue weighted by Gasteiger charge is -2.28. The van der Waals surface area contributed by atoms with Crippen LogP contribution in [0.15, 0.2) is 58.3 Å². The minimum Gasteiger partial charge on any atom is -0.354 e. The predicted octanol–water partition coefficient (Wildman–Crippen LogP) is 9.53. The second-order valence-electron chi connectivity index (χ2n) is 16.3. The summed E-state index contributed by atoms with van der Waals surface area (Å²) in [6.45, 7) is 11.2. The molecule has 0 saturated heterocycles. The van der Waals surface area contributed by atoms with Crippen molar-refractivity contribution < 1.29 is 26.4 Å². The third-order valence-electron chi connectivity index (χ3n) is 12.3. The normalized spacial score (nSPS) is 16.6. The molecule has 7 rings (SSSR count). The molecule has 3 aliphatic rings. The highest BCUT2D eigenvalue weighted by atomic mass is 32.2. The van der Waals surface area contributed by atoms with Crippen LogP contribution in [0, 0.1) is 27.7 Å². The van der Waals surface area contributed by atoms with Crippen molar-refractivity contribution >= 4 is 54.4 Å². The van der Waals surface area contributed by atoms with Crippen molar-refractivity contribution in [2.75, 3.05) is 10.6 Å². The molecule has 308 valence electrons. The lowest BCUT2D eigenvalue weighted by Crippen LogP contribution is -2.37. The molecule has 4 aromatic carbocycles. The van der Waals surface area contributed by atoms with Crippen LogP contribution in [-0.4, -0.2) is 40.5 Å². The zero-order chi connectivity index (χ0) is 41.5. The second-order valence-corrected chi connectivity index (χ2v) is 19.6. The Hall–Kier alpha value is -4.36. The number of sulfonamides is 2. The quantitative estimate of drug-likeness (QED) is 0.0972. The Morgan fingerprint density at radius 1 is 0.552 bits per heavy atom. The van der Waals surface area contributed by atoms with E-state index in [4.69, 9.17) is 0 Å². The number of anilines is 4. The lowest BCUT2D eigenvalue weighted by molar-refractivity contribution is 0.0980. The van der Waals surface area contributed by atoms with Gasteiger partial charge in [-0.05, 0) is 112 Å². The standard InChI is InChI=1S/C46H56N4O6S2/c1-7-31-25-27(3)45(57(53,54)49-33-17-11-9-12-18-33)29(5)41(31)47-37-23-24-38(40-39(37)43(51)35-21-15-16-22-36(35)44(40)52)48-42-30(6)46(28(4)26-32(42)8-2)58(55,56)50-34-19-13-10-14-20-34/h15-16,21-26,33-34,47-50H,7-14,17-20H2,1-6H3. The molecule has 0 bridgehead atoms. The van der Waals surface area contributed by atoms with E-state index < -0.39 is 20.0 Å². The van der Waals surface area contributed by atoms with Crippen molar-refractivity contribution in [3.63, 3.8) is 0 Å². The second kappa shape index (κ2) is 16.7. The van der Waals surface area contributed by atoms with Crippen LogP contribution in [0.1, 0.15) is 143 Å². The number of nitrogens with one attached hydrogen (secondary N) is 4.